The average molecular weight is 610 g/mol. The number of morpholine rings is 1. The maximum atomic E-state index is 14.5. The summed E-state index contributed by atoms with van der Waals surface area (Å²) in [5.74, 6) is 1.74. The first-order chi connectivity index (χ1) is 22.0. The van der Waals surface area contributed by atoms with Gasteiger partial charge in [-0.3, -0.25) is 9.69 Å². The Kier molecular flexibility index (Phi) is 8.17. The fourth-order valence-electron chi connectivity index (χ4n) is 8.42. The number of urea groups is 1. The average Bonchev–Trinajstić information content (AvgIpc) is 3.47. The van der Waals surface area contributed by atoms with Gasteiger partial charge in [-0.25, -0.2) is 4.79 Å². The van der Waals surface area contributed by atoms with Crippen LogP contribution < -0.4 is 14.4 Å². The molecule has 0 radical (unpaired) electrons. The van der Waals surface area contributed by atoms with Crippen LogP contribution in [-0.2, 0) is 16.0 Å². The van der Waals surface area contributed by atoms with E-state index < -0.39 is 0 Å². The Morgan fingerprint density at radius 1 is 0.911 bits per heavy atom. The first-order valence-electron chi connectivity index (χ1n) is 16.3. The largest absolute Gasteiger partial charge is 0.497 e. The monoisotopic (exact) mass is 609 g/mol. The van der Waals surface area contributed by atoms with Crippen molar-refractivity contribution < 1.29 is 23.8 Å². The van der Waals surface area contributed by atoms with Crippen LogP contribution in [-0.4, -0.2) is 80.4 Å². The molecule has 1 unspecified atom stereocenters. The van der Waals surface area contributed by atoms with Crippen molar-refractivity contribution in [2.75, 3.05) is 51.5 Å². The van der Waals surface area contributed by atoms with Crippen LogP contribution in [0.1, 0.15) is 43.2 Å². The standard InChI is InChI=1S/C37H43N3O5/c1-37-25-26-9-6-7-12-30(26)31(37)23-34-33(24-32(37)35(41)38-18-21-44-22-19-38)39(17-8-20-45-29-10-4-3-5-11-29)36(42)40(34)27-13-15-28(43-2)16-14-27/h3-7,9-16,31-34H,8,17-25H2,1-2H3/t31?,32-,33-,34+,37+/m1/s1. The zero-order chi connectivity index (χ0) is 31.0. The van der Waals surface area contributed by atoms with Gasteiger partial charge in [0.25, 0.3) is 0 Å². The number of anilines is 1. The van der Waals surface area contributed by atoms with Crippen molar-refractivity contribution in [3.63, 3.8) is 0 Å². The molecule has 5 atom stereocenters. The lowest BCUT2D eigenvalue weighted by Gasteiger charge is -2.41. The molecule has 4 aliphatic rings. The van der Waals surface area contributed by atoms with E-state index in [1.54, 1.807) is 7.11 Å². The predicted octanol–water partition coefficient (Wildman–Crippen LogP) is 5.76. The summed E-state index contributed by atoms with van der Waals surface area (Å²) in [6, 6.07) is 26.1. The molecule has 0 N–H and O–H groups in total. The van der Waals surface area contributed by atoms with Crippen LogP contribution in [0.25, 0.3) is 0 Å². The van der Waals surface area contributed by atoms with E-state index in [-0.39, 0.29) is 41.3 Å². The van der Waals surface area contributed by atoms with Gasteiger partial charge in [-0.2, -0.15) is 0 Å². The van der Waals surface area contributed by atoms with Crippen LogP contribution in [0.3, 0.4) is 0 Å². The van der Waals surface area contributed by atoms with Gasteiger partial charge in [0.1, 0.15) is 11.5 Å². The highest BCUT2D eigenvalue weighted by Gasteiger charge is 2.59. The molecular weight excluding hydrogens is 566 g/mol. The summed E-state index contributed by atoms with van der Waals surface area (Å²) in [5.41, 5.74) is 3.28. The van der Waals surface area contributed by atoms with Crippen molar-refractivity contribution in [2.45, 2.75) is 50.6 Å². The van der Waals surface area contributed by atoms with E-state index in [1.807, 2.05) is 69.3 Å². The minimum Gasteiger partial charge on any atom is -0.497 e. The second-order valence-corrected chi connectivity index (χ2v) is 13.1. The van der Waals surface area contributed by atoms with Gasteiger partial charge in [-0.15, -0.1) is 0 Å². The molecule has 236 valence electrons. The first kappa shape index (κ1) is 29.7. The lowest BCUT2D eigenvalue weighted by Crippen LogP contribution is -2.50. The third kappa shape index (κ3) is 5.43. The Hall–Kier alpha value is -4.04. The maximum Gasteiger partial charge on any atom is 0.325 e. The van der Waals surface area contributed by atoms with E-state index >= 15 is 0 Å². The van der Waals surface area contributed by atoms with Gasteiger partial charge in [-0.05, 0) is 84.5 Å². The van der Waals surface area contributed by atoms with Gasteiger partial charge < -0.3 is 24.0 Å². The quantitative estimate of drug-likeness (QED) is 0.304. The number of rotatable bonds is 8. The summed E-state index contributed by atoms with van der Waals surface area (Å²) in [5, 5.41) is 0. The number of benzene rings is 3. The van der Waals surface area contributed by atoms with Crippen LogP contribution in [0.15, 0.2) is 78.9 Å². The number of fused-ring (bicyclic) bond motifs is 4. The number of carbonyl (C=O) groups excluding carboxylic acids is 2. The third-order valence-electron chi connectivity index (χ3n) is 10.7. The van der Waals surface area contributed by atoms with E-state index in [4.69, 9.17) is 14.2 Å². The molecule has 3 aromatic rings. The van der Waals surface area contributed by atoms with Crippen molar-refractivity contribution in [1.82, 2.24) is 9.80 Å². The molecule has 0 bridgehead atoms. The van der Waals surface area contributed by atoms with E-state index in [9.17, 15) is 9.59 Å². The molecule has 7 rings (SSSR count). The number of carbonyl (C=O) groups is 2. The zero-order valence-corrected chi connectivity index (χ0v) is 26.3. The molecule has 2 aliphatic heterocycles. The Labute approximate surface area is 265 Å². The molecule has 0 spiro atoms. The van der Waals surface area contributed by atoms with Gasteiger partial charge in [-0.1, -0.05) is 49.4 Å². The van der Waals surface area contributed by atoms with Crippen molar-refractivity contribution in [3.05, 3.63) is 90.0 Å². The number of nitrogens with zero attached hydrogens (tertiary/aromatic N) is 3. The SMILES string of the molecule is COc1ccc(N2C(=O)N(CCCOc3ccccc3)[C@@H]3C[C@H](C(=O)N4CCOCC4)[C@@]4(C)Cc5ccccc5C4C[C@@H]32)cc1. The Balaban J connectivity index is 1.25. The van der Waals surface area contributed by atoms with Gasteiger partial charge in [0.05, 0.1) is 39.0 Å². The molecule has 8 heteroatoms. The van der Waals surface area contributed by atoms with Gasteiger partial charge in [0.2, 0.25) is 5.91 Å². The van der Waals surface area contributed by atoms with Crippen molar-refractivity contribution in [3.8, 4) is 11.5 Å². The molecule has 0 aromatic heterocycles. The second-order valence-electron chi connectivity index (χ2n) is 13.1. The molecule has 3 aromatic carbocycles. The highest BCUT2D eigenvalue weighted by atomic mass is 16.5. The summed E-state index contributed by atoms with van der Waals surface area (Å²) in [7, 11) is 1.65. The number of ether oxygens (including phenoxy) is 3. The molecule has 1 saturated carbocycles. The Morgan fingerprint density at radius 3 is 2.40 bits per heavy atom. The highest BCUT2D eigenvalue weighted by Crippen LogP contribution is 2.59. The fourth-order valence-corrected chi connectivity index (χ4v) is 8.42. The molecule has 8 nitrogen and oxygen atoms in total. The third-order valence-corrected chi connectivity index (χ3v) is 10.7. The molecule has 3 fully saturated rings. The number of para-hydroxylation sites is 1. The normalized spacial score (nSPS) is 27.4. The van der Waals surface area contributed by atoms with Crippen LogP contribution in [0, 0.1) is 11.3 Å². The summed E-state index contributed by atoms with van der Waals surface area (Å²) in [6.07, 6.45) is 3.01. The van der Waals surface area contributed by atoms with Crippen LogP contribution in [0.5, 0.6) is 11.5 Å². The minimum atomic E-state index is -0.250. The molecule has 2 saturated heterocycles. The van der Waals surface area contributed by atoms with E-state index in [0.29, 0.717) is 52.3 Å². The Bertz CT molecular complexity index is 1510. The number of amides is 3. The second kappa shape index (κ2) is 12.4. The van der Waals surface area contributed by atoms with Crippen molar-refractivity contribution in [2.24, 2.45) is 11.3 Å². The summed E-state index contributed by atoms with van der Waals surface area (Å²) < 4.78 is 17.1. The van der Waals surface area contributed by atoms with Crippen molar-refractivity contribution in [1.29, 1.82) is 0 Å². The maximum absolute atomic E-state index is 14.5. The predicted molar refractivity (Wildman–Crippen MR) is 173 cm³/mol. The number of methoxy groups -OCH3 is 1. The fraction of sp³-hybridized carbons (Fsp3) is 0.459. The smallest absolute Gasteiger partial charge is 0.325 e. The van der Waals surface area contributed by atoms with Crippen molar-refractivity contribution >= 4 is 17.6 Å². The first-order valence-corrected chi connectivity index (χ1v) is 16.3. The van der Waals surface area contributed by atoms with E-state index in [2.05, 4.69) is 31.2 Å². The summed E-state index contributed by atoms with van der Waals surface area (Å²) in [4.78, 5) is 35.1. The topological polar surface area (TPSA) is 71.6 Å². The Morgan fingerprint density at radius 2 is 1.64 bits per heavy atom. The molecule has 3 amide bonds. The summed E-state index contributed by atoms with van der Waals surface area (Å²) >= 11 is 0. The lowest BCUT2D eigenvalue weighted by molar-refractivity contribution is -0.145. The van der Waals surface area contributed by atoms with E-state index in [1.165, 1.54) is 11.1 Å². The lowest BCUT2D eigenvalue weighted by atomic mass is 9.66. The van der Waals surface area contributed by atoms with Gasteiger partial charge in [0, 0.05) is 31.2 Å². The molecular formula is C37H43N3O5. The van der Waals surface area contributed by atoms with Crippen LogP contribution >= 0.6 is 0 Å². The molecule has 2 aliphatic carbocycles. The van der Waals surface area contributed by atoms with Gasteiger partial charge >= 0.3 is 6.03 Å². The number of hydrogen-bond donors (Lipinski definition) is 0. The van der Waals surface area contributed by atoms with E-state index in [0.717, 1.165) is 30.0 Å². The number of hydrogen-bond acceptors (Lipinski definition) is 5. The minimum absolute atomic E-state index is 0.00216. The zero-order valence-electron chi connectivity index (χ0n) is 26.3. The van der Waals surface area contributed by atoms with Gasteiger partial charge in [0.15, 0.2) is 0 Å². The molecule has 2 heterocycles. The summed E-state index contributed by atoms with van der Waals surface area (Å²) in [6.45, 7) is 5.79. The highest BCUT2D eigenvalue weighted by molar-refractivity contribution is 5.96. The molecule has 45 heavy (non-hydrogen) atoms. The van der Waals surface area contributed by atoms with Crippen LogP contribution in [0.2, 0.25) is 0 Å². The van der Waals surface area contributed by atoms with Crippen LogP contribution in [0.4, 0.5) is 10.5 Å².